The second-order valence-electron chi connectivity index (χ2n) is 5.12. The Morgan fingerprint density at radius 3 is 1.70 bits per heavy atom. The maximum absolute atomic E-state index is 6.04. The Labute approximate surface area is 144 Å². The van der Waals surface area contributed by atoms with E-state index in [2.05, 4.69) is 16.1 Å². The number of rotatable bonds is 4. The van der Waals surface area contributed by atoms with Crippen LogP contribution in [0.5, 0.6) is 0 Å². The van der Waals surface area contributed by atoms with Gasteiger partial charge in [0.15, 0.2) is 0 Å². The van der Waals surface area contributed by atoms with Crippen molar-refractivity contribution < 1.29 is 0 Å². The third-order valence-corrected chi connectivity index (χ3v) is 4.36. The minimum absolute atomic E-state index is 0.439. The van der Waals surface area contributed by atoms with Gasteiger partial charge < -0.3 is 4.57 Å². The molecule has 2 aromatic carbocycles. The summed E-state index contributed by atoms with van der Waals surface area (Å²) in [5.41, 5.74) is 1.39. The lowest BCUT2D eigenvalue weighted by Gasteiger charge is -2.34. The largest absolute Gasteiger partial charge is 0.305 e. The number of nitrogens with zero attached hydrogens (tertiary/aromatic N) is 3. The van der Waals surface area contributed by atoms with Crippen molar-refractivity contribution in [3.8, 4) is 12.3 Å². The summed E-state index contributed by atoms with van der Waals surface area (Å²) in [4.78, 5) is 0. The summed E-state index contributed by atoms with van der Waals surface area (Å²) in [6.07, 6.45) is 9.47. The minimum Gasteiger partial charge on any atom is -0.305 e. The van der Waals surface area contributed by atoms with E-state index in [0.717, 1.165) is 11.1 Å². The zero-order valence-corrected chi connectivity index (χ0v) is 13.7. The van der Waals surface area contributed by atoms with Gasteiger partial charge in [-0.15, -0.1) is 22.5 Å². The third kappa shape index (κ3) is 2.84. The van der Waals surface area contributed by atoms with Gasteiger partial charge in [0.25, 0.3) is 0 Å². The lowest BCUT2D eigenvalue weighted by atomic mass is 9.80. The summed E-state index contributed by atoms with van der Waals surface area (Å²) >= 11 is 12.1. The number of hydrogen-bond donors (Lipinski definition) is 0. The Balaban J connectivity index is 2.29. The number of terminal acetylenes is 1. The van der Waals surface area contributed by atoms with Gasteiger partial charge in [0.2, 0.25) is 0 Å². The van der Waals surface area contributed by atoms with Crippen LogP contribution in [0.25, 0.3) is 0 Å². The molecule has 0 radical (unpaired) electrons. The monoisotopic (exact) mass is 341 g/mol. The quantitative estimate of drug-likeness (QED) is 0.658. The molecule has 0 bridgehead atoms. The van der Waals surface area contributed by atoms with E-state index in [9.17, 15) is 0 Å². The third-order valence-electron chi connectivity index (χ3n) is 3.86. The Morgan fingerprint density at radius 1 is 0.870 bits per heavy atom. The molecule has 0 amide bonds. The van der Waals surface area contributed by atoms with Gasteiger partial charge in [-0.1, -0.05) is 47.5 Å². The molecular formula is C18H13Cl2N3. The van der Waals surface area contributed by atoms with E-state index < -0.39 is 5.54 Å². The molecule has 0 aliphatic carbocycles. The molecule has 0 aliphatic heterocycles. The number of benzene rings is 2. The molecule has 3 nitrogen and oxygen atoms in total. The normalized spacial score (nSPS) is 11.2. The summed E-state index contributed by atoms with van der Waals surface area (Å²) < 4.78 is 1.92. The minimum atomic E-state index is -0.618. The van der Waals surface area contributed by atoms with Gasteiger partial charge in [0, 0.05) is 16.5 Å². The van der Waals surface area contributed by atoms with Crippen LogP contribution < -0.4 is 0 Å². The second kappa shape index (κ2) is 6.45. The molecule has 1 aromatic heterocycles. The Kier molecular flexibility index (Phi) is 4.38. The predicted octanol–water partition coefficient (Wildman–Crippen LogP) is 4.40. The number of aromatic nitrogens is 3. The van der Waals surface area contributed by atoms with E-state index in [0.29, 0.717) is 16.5 Å². The van der Waals surface area contributed by atoms with E-state index >= 15 is 0 Å². The lowest BCUT2D eigenvalue weighted by Crippen LogP contribution is -2.35. The summed E-state index contributed by atoms with van der Waals surface area (Å²) in [5, 5.41) is 9.24. The molecule has 5 heteroatoms. The molecule has 0 saturated heterocycles. The topological polar surface area (TPSA) is 30.7 Å². The molecule has 0 N–H and O–H groups in total. The van der Waals surface area contributed by atoms with E-state index in [1.54, 1.807) is 12.7 Å². The van der Waals surface area contributed by atoms with Crippen molar-refractivity contribution in [3.05, 3.63) is 82.4 Å². The first-order chi connectivity index (χ1) is 11.2. The van der Waals surface area contributed by atoms with Crippen LogP contribution in [-0.4, -0.2) is 14.8 Å². The van der Waals surface area contributed by atoms with Crippen LogP contribution in [-0.2, 0) is 5.54 Å². The van der Waals surface area contributed by atoms with E-state index in [4.69, 9.17) is 29.6 Å². The van der Waals surface area contributed by atoms with Crippen molar-refractivity contribution in [1.82, 2.24) is 14.8 Å². The predicted molar refractivity (Wildman–Crippen MR) is 92.6 cm³/mol. The lowest BCUT2D eigenvalue weighted by molar-refractivity contribution is 0.439. The van der Waals surface area contributed by atoms with Crippen LogP contribution in [0.3, 0.4) is 0 Å². The summed E-state index contributed by atoms with van der Waals surface area (Å²) in [6.45, 7) is 0. The summed E-state index contributed by atoms with van der Waals surface area (Å²) in [6, 6.07) is 15.3. The average molecular weight is 342 g/mol. The standard InChI is InChI=1S/C18H13Cl2N3/c1-2-11-18(23-12-21-22-13-23,14-3-7-16(19)8-4-14)15-5-9-17(20)10-6-15/h1,3-10,12-13H,11H2. The van der Waals surface area contributed by atoms with Gasteiger partial charge in [0.1, 0.15) is 18.2 Å². The molecule has 0 fully saturated rings. The number of hydrogen-bond acceptors (Lipinski definition) is 2. The fraction of sp³-hybridized carbons (Fsp3) is 0.111. The van der Waals surface area contributed by atoms with Crippen molar-refractivity contribution >= 4 is 23.2 Å². The van der Waals surface area contributed by atoms with Crippen molar-refractivity contribution in [3.63, 3.8) is 0 Å². The van der Waals surface area contributed by atoms with Crippen molar-refractivity contribution in [2.24, 2.45) is 0 Å². The molecular weight excluding hydrogens is 329 g/mol. The highest BCUT2D eigenvalue weighted by Gasteiger charge is 2.35. The highest BCUT2D eigenvalue weighted by Crippen LogP contribution is 2.37. The molecule has 114 valence electrons. The van der Waals surface area contributed by atoms with E-state index in [1.807, 2.05) is 53.1 Å². The van der Waals surface area contributed by atoms with Gasteiger partial charge in [-0.3, -0.25) is 0 Å². The zero-order valence-electron chi connectivity index (χ0n) is 12.2. The van der Waals surface area contributed by atoms with Gasteiger partial charge in [-0.25, -0.2) is 0 Å². The van der Waals surface area contributed by atoms with Crippen LogP contribution in [0, 0.1) is 12.3 Å². The van der Waals surface area contributed by atoms with Crippen molar-refractivity contribution in [1.29, 1.82) is 0 Å². The highest BCUT2D eigenvalue weighted by atomic mass is 35.5. The van der Waals surface area contributed by atoms with Crippen LogP contribution in [0.15, 0.2) is 61.2 Å². The molecule has 3 aromatic rings. The second-order valence-corrected chi connectivity index (χ2v) is 6.00. The molecule has 0 atom stereocenters. The smallest absolute Gasteiger partial charge is 0.120 e. The molecule has 0 spiro atoms. The zero-order chi connectivity index (χ0) is 16.3. The van der Waals surface area contributed by atoms with Gasteiger partial charge >= 0.3 is 0 Å². The van der Waals surface area contributed by atoms with E-state index in [-0.39, 0.29) is 0 Å². The fourth-order valence-corrected chi connectivity index (χ4v) is 3.01. The first kappa shape index (κ1) is 15.6. The molecule has 1 heterocycles. The number of halogens is 2. The molecule has 0 aliphatic rings. The maximum atomic E-state index is 6.04. The van der Waals surface area contributed by atoms with Crippen LogP contribution in [0.2, 0.25) is 10.0 Å². The van der Waals surface area contributed by atoms with E-state index in [1.165, 1.54) is 0 Å². The Hall–Kier alpha value is -2.28. The first-order valence-corrected chi connectivity index (χ1v) is 7.73. The van der Waals surface area contributed by atoms with Crippen molar-refractivity contribution in [2.45, 2.75) is 12.0 Å². The molecule has 0 unspecified atom stereocenters. The van der Waals surface area contributed by atoms with Gasteiger partial charge in [-0.2, -0.15) is 0 Å². The average Bonchev–Trinajstić information content (AvgIpc) is 3.09. The first-order valence-electron chi connectivity index (χ1n) is 6.97. The Morgan fingerprint density at radius 2 is 1.30 bits per heavy atom. The molecule has 3 rings (SSSR count). The summed E-state index contributed by atoms with van der Waals surface area (Å²) in [5.74, 6) is 2.78. The fourth-order valence-electron chi connectivity index (χ4n) is 2.76. The van der Waals surface area contributed by atoms with Crippen LogP contribution in [0.1, 0.15) is 17.5 Å². The molecule has 0 saturated carbocycles. The SMILES string of the molecule is C#CCC(c1ccc(Cl)cc1)(c1ccc(Cl)cc1)n1cnnc1. The van der Waals surface area contributed by atoms with Gasteiger partial charge in [-0.05, 0) is 35.4 Å². The van der Waals surface area contributed by atoms with Crippen LogP contribution in [0.4, 0.5) is 0 Å². The van der Waals surface area contributed by atoms with Gasteiger partial charge in [0.05, 0.1) is 0 Å². The molecule has 23 heavy (non-hydrogen) atoms. The Bertz CT molecular complexity index is 771. The summed E-state index contributed by atoms with van der Waals surface area (Å²) in [7, 11) is 0. The highest BCUT2D eigenvalue weighted by molar-refractivity contribution is 6.30. The van der Waals surface area contributed by atoms with Crippen molar-refractivity contribution in [2.75, 3.05) is 0 Å². The maximum Gasteiger partial charge on any atom is 0.120 e. The van der Waals surface area contributed by atoms with Crippen LogP contribution >= 0.6 is 23.2 Å².